The Hall–Kier alpha value is -3.31. The Morgan fingerprint density at radius 1 is 1.42 bits per heavy atom. The second-order valence-corrected chi connectivity index (χ2v) is 8.33. The number of carbonyl (C=O) groups excluding carboxylic acids is 1. The second-order valence-electron chi connectivity index (χ2n) is 7.26. The largest absolute Gasteiger partial charge is 0.468 e. The van der Waals surface area contributed by atoms with Gasteiger partial charge in [-0.15, -0.1) is 0 Å². The van der Waals surface area contributed by atoms with Gasteiger partial charge in [0.15, 0.2) is 5.65 Å². The van der Waals surface area contributed by atoms with Gasteiger partial charge in [0.1, 0.15) is 29.5 Å². The molecule has 0 bridgehead atoms. The number of nitrogens with two attached hydrogens (primary N) is 1. The van der Waals surface area contributed by atoms with Crippen molar-refractivity contribution in [2.45, 2.75) is 19.4 Å². The number of H-pyrrole nitrogens is 1. The van der Waals surface area contributed by atoms with E-state index in [2.05, 4.69) is 25.2 Å². The predicted octanol–water partition coefficient (Wildman–Crippen LogP) is 1.97. The van der Waals surface area contributed by atoms with E-state index in [1.165, 1.54) is 7.11 Å². The van der Waals surface area contributed by atoms with Crippen LogP contribution < -0.4 is 21.4 Å². The van der Waals surface area contributed by atoms with Gasteiger partial charge in [-0.2, -0.15) is 10.5 Å². The van der Waals surface area contributed by atoms with E-state index in [4.69, 9.17) is 19.4 Å². The average Bonchev–Trinajstić information content (AvgIpc) is 3.43. The summed E-state index contributed by atoms with van der Waals surface area (Å²) < 4.78 is 23.5. The Bertz CT molecular complexity index is 1210. The van der Waals surface area contributed by atoms with E-state index in [9.17, 15) is 9.59 Å². The van der Waals surface area contributed by atoms with Crippen LogP contribution in [0, 0.1) is 5.92 Å². The lowest BCUT2D eigenvalue weighted by molar-refractivity contribution is -0.144. The molecule has 174 valence electrons. The van der Waals surface area contributed by atoms with Gasteiger partial charge < -0.3 is 19.5 Å². The summed E-state index contributed by atoms with van der Waals surface area (Å²) in [4.78, 5) is 33.8. The minimum Gasteiger partial charge on any atom is -0.468 e. The summed E-state index contributed by atoms with van der Waals surface area (Å²) in [6.07, 6.45) is 4.20. The summed E-state index contributed by atoms with van der Waals surface area (Å²) >= 11 is 0. The van der Waals surface area contributed by atoms with Crippen LogP contribution in [0.25, 0.3) is 17.4 Å². The fourth-order valence-corrected chi connectivity index (χ4v) is 3.90. The van der Waals surface area contributed by atoms with Crippen molar-refractivity contribution in [3.05, 3.63) is 52.7 Å². The van der Waals surface area contributed by atoms with Gasteiger partial charge in [-0.25, -0.2) is 14.4 Å². The predicted molar refractivity (Wildman–Crippen MR) is 121 cm³/mol. The molecule has 1 aliphatic rings. The number of nitrogens with one attached hydrogen (secondary N) is 2. The van der Waals surface area contributed by atoms with Crippen LogP contribution in [-0.4, -0.2) is 45.2 Å². The zero-order valence-electron chi connectivity index (χ0n) is 17.9. The minimum absolute atomic E-state index is 0.132. The molecular formula is C20H23N6O6P. The summed E-state index contributed by atoms with van der Waals surface area (Å²) in [5.41, 5.74) is 9.75. The number of rotatable bonds is 10. The first-order valence-electron chi connectivity index (χ1n) is 10.0. The number of fused-ring (bicyclic) bond motifs is 1. The number of para-hydroxylation sites is 1. The highest BCUT2D eigenvalue weighted by Crippen LogP contribution is 2.45. The summed E-state index contributed by atoms with van der Waals surface area (Å²) in [6, 6.07) is 8.38. The average molecular weight is 474 g/mol. The number of nitrogens with zero attached hydrogens (tertiary/aromatic N) is 3. The number of hydroxylamine groups is 1. The van der Waals surface area contributed by atoms with Crippen LogP contribution in [0.1, 0.15) is 13.3 Å². The second kappa shape index (κ2) is 10.1. The zero-order valence-corrected chi connectivity index (χ0v) is 18.8. The fourth-order valence-electron chi connectivity index (χ4n) is 2.91. The number of hydrogen-bond acceptors (Lipinski definition) is 10. The molecule has 2 aromatic heterocycles. The van der Waals surface area contributed by atoms with Gasteiger partial charge in [0.2, 0.25) is 0 Å². The van der Waals surface area contributed by atoms with Crippen molar-refractivity contribution < 1.29 is 23.2 Å². The van der Waals surface area contributed by atoms with E-state index in [1.54, 1.807) is 30.0 Å². The molecule has 0 saturated heterocycles. The molecule has 12 nitrogen and oxygen atoms in total. The molecule has 1 saturated carbocycles. The van der Waals surface area contributed by atoms with E-state index < -0.39 is 26.3 Å². The minimum atomic E-state index is -1.84. The maximum absolute atomic E-state index is 11.6. The first kappa shape index (κ1) is 22.9. The number of methoxy groups -OCH3 is 1. The van der Waals surface area contributed by atoms with Crippen molar-refractivity contribution in [2.75, 3.05) is 19.5 Å². The number of aromatic amines is 1. The molecule has 0 spiro atoms. The molecule has 2 unspecified atom stereocenters. The van der Waals surface area contributed by atoms with Crippen LogP contribution in [0.4, 0.5) is 5.82 Å². The van der Waals surface area contributed by atoms with Crippen LogP contribution >= 0.6 is 8.60 Å². The summed E-state index contributed by atoms with van der Waals surface area (Å²) in [7, 11) is -0.541. The summed E-state index contributed by atoms with van der Waals surface area (Å²) in [5, 5.41) is 0. The molecular weight excluding hydrogens is 451 g/mol. The smallest absolute Gasteiger partial charge is 0.415 e. The normalized spacial score (nSPS) is 18.2. The van der Waals surface area contributed by atoms with Gasteiger partial charge in [-0.3, -0.25) is 14.3 Å². The van der Waals surface area contributed by atoms with Crippen molar-refractivity contribution in [2.24, 2.45) is 5.92 Å². The maximum Gasteiger partial charge on any atom is 0.415 e. The first-order valence-corrected chi connectivity index (χ1v) is 11.1. The van der Waals surface area contributed by atoms with Crippen LogP contribution in [0.5, 0.6) is 5.75 Å². The Balaban J connectivity index is 1.38. The number of anilines is 1. The van der Waals surface area contributed by atoms with Crippen LogP contribution in [0.3, 0.4) is 0 Å². The first-order chi connectivity index (χ1) is 15.9. The third-order valence-corrected chi connectivity index (χ3v) is 5.76. The van der Waals surface area contributed by atoms with E-state index in [0.29, 0.717) is 23.5 Å². The highest BCUT2D eigenvalue weighted by atomic mass is 31.2. The molecule has 1 fully saturated rings. The molecule has 3 aromatic rings. The molecule has 1 aliphatic carbocycles. The van der Waals surface area contributed by atoms with E-state index in [-0.39, 0.29) is 11.7 Å². The van der Waals surface area contributed by atoms with Crippen molar-refractivity contribution in [1.29, 1.82) is 0 Å². The molecule has 33 heavy (non-hydrogen) atoms. The monoisotopic (exact) mass is 474 g/mol. The maximum atomic E-state index is 11.6. The Morgan fingerprint density at radius 2 is 2.21 bits per heavy atom. The van der Waals surface area contributed by atoms with Gasteiger partial charge in [-0.1, -0.05) is 18.2 Å². The number of ether oxygens (including phenoxy) is 1. The molecule has 1 aromatic carbocycles. The number of hydrogen-bond donors (Lipinski definition) is 3. The van der Waals surface area contributed by atoms with Gasteiger partial charge in [0, 0.05) is 12.1 Å². The summed E-state index contributed by atoms with van der Waals surface area (Å²) in [6.45, 7) is 1.94. The van der Waals surface area contributed by atoms with E-state index in [0.717, 1.165) is 12.0 Å². The standard InChI is InChI=1S/C20H23N6O6P/c1-12(19(27)29-2)25-32-33(31-15-6-4-3-5-7-15)30-10-14-8-13(14)9-26-11-22-16-17(21)23-20(28)24-18(16)26/h3-7,9,11-12,14,25H,8,10H2,1-2H3,(H3,21,23,24,28)/b13-9-/t12?,14-,33?/m0/s1. The summed E-state index contributed by atoms with van der Waals surface area (Å²) in [5.74, 6) is 0.402. The lowest BCUT2D eigenvalue weighted by Crippen LogP contribution is -2.34. The quantitative estimate of drug-likeness (QED) is 0.226. The molecule has 13 heteroatoms. The fraction of sp³-hybridized carbons (Fsp3) is 0.300. The van der Waals surface area contributed by atoms with Gasteiger partial charge in [-0.05, 0) is 31.1 Å². The third-order valence-electron chi connectivity index (χ3n) is 4.79. The van der Waals surface area contributed by atoms with Crippen LogP contribution in [0.15, 0.2) is 47.0 Å². The van der Waals surface area contributed by atoms with Gasteiger partial charge in [0.05, 0.1) is 13.7 Å². The lowest BCUT2D eigenvalue weighted by atomic mass is 10.3. The lowest BCUT2D eigenvalue weighted by Gasteiger charge is -2.19. The highest BCUT2D eigenvalue weighted by molar-refractivity contribution is 7.42. The molecule has 2 heterocycles. The number of aromatic nitrogens is 4. The number of benzene rings is 1. The SMILES string of the molecule is COC(=O)C(C)NOP(OC[C@@H]1C/C1=C/n1cnc2c(N)[nH]c(=O)nc21)Oc1ccccc1. The number of carbonyl (C=O) groups is 1. The van der Waals surface area contributed by atoms with Crippen molar-refractivity contribution >= 4 is 37.8 Å². The molecule has 0 amide bonds. The van der Waals surface area contributed by atoms with Gasteiger partial charge in [0.25, 0.3) is 0 Å². The number of nitrogen functional groups attached to an aromatic ring is 1. The molecule has 0 radical (unpaired) electrons. The van der Waals surface area contributed by atoms with Crippen molar-refractivity contribution in [3.8, 4) is 5.75 Å². The Labute approximate surface area is 189 Å². The Morgan fingerprint density at radius 3 is 2.97 bits per heavy atom. The number of esters is 1. The Kier molecular flexibility index (Phi) is 6.99. The topological polar surface area (TPSA) is 156 Å². The number of imidazole rings is 1. The molecule has 0 aliphatic heterocycles. The molecule has 4 N–H and O–H groups in total. The molecule has 4 rings (SSSR count). The van der Waals surface area contributed by atoms with Gasteiger partial charge >= 0.3 is 20.3 Å². The van der Waals surface area contributed by atoms with Crippen molar-refractivity contribution in [3.63, 3.8) is 0 Å². The van der Waals surface area contributed by atoms with Crippen LogP contribution in [-0.2, 0) is 18.7 Å². The molecule has 3 atom stereocenters. The van der Waals surface area contributed by atoms with E-state index in [1.807, 2.05) is 24.4 Å². The third kappa shape index (κ3) is 5.74. The van der Waals surface area contributed by atoms with Crippen molar-refractivity contribution in [1.82, 2.24) is 25.0 Å². The zero-order chi connectivity index (χ0) is 23.4. The highest BCUT2D eigenvalue weighted by Gasteiger charge is 2.33. The van der Waals surface area contributed by atoms with Crippen LogP contribution in [0.2, 0.25) is 0 Å². The van der Waals surface area contributed by atoms with E-state index >= 15 is 0 Å².